The molecule has 1 atom stereocenters. The highest BCUT2D eigenvalue weighted by Crippen LogP contribution is 2.31. The minimum absolute atomic E-state index is 0.0351. The quantitative estimate of drug-likeness (QED) is 0.500. The van der Waals surface area contributed by atoms with Crippen LogP contribution in [-0.4, -0.2) is 38.8 Å². The van der Waals surface area contributed by atoms with E-state index in [9.17, 15) is 18.4 Å². The number of fused-ring (bicyclic) bond motifs is 1. The van der Waals surface area contributed by atoms with E-state index in [2.05, 4.69) is 20.6 Å². The van der Waals surface area contributed by atoms with Crippen molar-refractivity contribution >= 4 is 33.8 Å². The second-order valence-corrected chi connectivity index (χ2v) is 8.81. The van der Waals surface area contributed by atoms with Crippen molar-refractivity contribution in [2.75, 3.05) is 12.3 Å². The lowest BCUT2D eigenvalue weighted by atomic mass is 9.83. The zero-order valence-electron chi connectivity index (χ0n) is 17.3. The Balaban J connectivity index is 1.48. The fourth-order valence-electron chi connectivity index (χ4n) is 4.09. The maximum Gasteiger partial charge on any atom is 0.366 e. The highest BCUT2D eigenvalue weighted by atomic mass is 32.1. The number of amides is 2. The molecule has 1 aliphatic rings. The number of rotatable bonds is 7. The van der Waals surface area contributed by atoms with Gasteiger partial charge in [-0.15, -0.1) is 11.3 Å². The van der Waals surface area contributed by atoms with Crippen molar-refractivity contribution in [1.82, 2.24) is 25.0 Å². The van der Waals surface area contributed by atoms with Crippen molar-refractivity contribution in [3.8, 4) is 0 Å². The predicted octanol–water partition coefficient (Wildman–Crippen LogP) is 2.96. The van der Waals surface area contributed by atoms with Crippen LogP contribution in [0, 0.1) is 5.92 Å². The van der Waals surface area contributed by atoms with E-state index in [1.807, 2.05) is 6.07 Å². The summed E-state index contributed by atoms with van der Waals surface area (Å²) in [5.74, 6) is -5.60. The molecule has 3 aromatic rings. The number of aromatic nitrogens is 3. The van der Waals surface area contributed by atoms with Crippen molar-refractivity contribution in [1.29, 1.82) is 0 Å². The molecule has 1 saturated carbocycles. The summed E-state index contributed by atoms with van der Waals surface area (Å²) in [7, 11) is 0. The number of nitrogen functional groups attached to an aromatic ring is 1. The second-order valence-electron chi connectivity index (χ2n) is 7.92. The maximum atomic E-state index is 14.5. The fourth-order valence-corrected chi connectivity index (χ4v) is 4.67. The Bertz CT molecular complexity index is 1110. The topological polar surface area (TPSA) is 114 Å². The third-order valence-electron chi connectivity index (χ3n) is 5.81. The van der Waals surface area contributed by atoms with Crippen LogP contribution in [0.1, 0.15) is 48.3 Å². The van der Waals surface area contributed by atoms with Crippen LogP contribution in [0.25, 0.3) is 5.52 Å². The van der Waals surface area contributed by atoms with E-state index in [4.69, 9.17) is 5.73 Å². The summed E-state index contributed by atoms with van der Waals surface area (Å²) >= 11 is 0.844. The number of hydrogen-bond acceptors (Lipinski definition) is 6. The summed E-state index contributed by atoms with van der Waals surface area (Å²) in [6.07, 6.45) is 8.11. The Hall–Kier alpha value is -3.08. The van der Waals surface area contributed by atoms with Gasteiger partial charge in [-0.2, -0.15) is 8.78 Å². The van der Waals surface area contributed by atoms with Crippen LogP contribution in [0.2, 0.25) is 0 Å². The Kier molecular flexibility index (Phi) is 6.35. The van der Waals surface area contributed by atoms with E-state index < -0.39 is 29.5 Å². The van der Waals surface area contributed by atoms with E-state index in [1.165, 1.54) is 0 Å². The van der Waals surface area contributed by atoms with E-state index in [1.54, 1.807) is 29.1 Å². The van der Waals surface area contributed by atoms with Crippen LogP contribution in [0.5, 0.6) is 0 Å². The van der Waals surface area contributed by atoms with Crippen LogP contribution in [-0.2, 0) is 10.7 Å². The molecule has 11 heteroatoms. The van der Waals surface area contributed by atoms with Crippen LogP contribution < -0.4 is 16.4 Å². The molecule has 3 heterocycles. The van der Waals surface area contributed by atoms with Crippen LogP contribution in [0.4, 0.5) is 13.9 Å². The normalized spacial score (nSPS) is 16.1. The lowest BCUT2D eigenvalue weighted by Gasteiger charge is -2.31. The van der Waals surface area contributed by atoms with Gasteiger partial charge in [-0.05, 0) is 30.9 Å². The average molecular weight is 463 g/mol. The number of nitrogens with zero attached hydrogens (tertiary/aromatic N) is 3. The predicted molar refractivity (Wildman–Crippen MR) is 116 cm³/mol. The number of hydrogen-bond donors (Lipinski definition) is 3. The first-order valence-electron chi connectivity index (χ1n) is 10.5. The van der Waals surface area contributed by atoms with Crippen molar-refractivity contribution in [3.63, 3.8) is 0 Å². The number of anilines is 1. The number of halogens is 2. The van der Waals surface area contributed by atoms with E-state index in [0.29, 0.717) is 5.52 Å². The molecule has 1 unspecified atom stereocenters. The average Bonchev–Trinajstić information content (AvgIpc) is 3.43. The number of nitrogens with one attached hydrogen (secondary N) is 2. The van der Waals surface area contributed by atoms with Gasteiger partial charge in [0, 0.05) is 24.2 Å². The molecular formula is C21H24F2N6O2S. The molecule has 0 saturated heterocycles. The molecule has 1 aliphatic carbocycles. The van der Waals surface area contributed by atoms with Crippen molar-refractivity contribution in [3.05, 3.63) is 47.5 Å². The van der Waals surface area contributed by atoms with Crippen LogP contribution >= 0.6 is 11.3 Å². The summed E-state index contributed by atoms with van der Waals surface area (Å²) in [5, 5.41) is 6.27. The monoisotopic (exact) mass is 462 g/mol. The molecule has 0 spiro atoms. The molecule has 0 aliphatic heterocycles. The van der Waals surface area contributed by atoms with Crippen molar-refractivity contribution in [2.24, 2.45) is 5.92 Å². The summed E-state index contributed by atoms with van der Waals surface area (Å²) in [5.41, 5.74) is 5.64. The smallest absolute Gasteiger partial charge is 0.366 e. The van der Waals surface area contributed by atoms with Crippen LogP contribution in [0.3, 0.4) is 0 Å². The van der Waals surface area contributed by atoms with E-state index in [0.717, 1.165) is 48.8 Å². The van der Waals surface area contributed by atoms with Crippen molar-refractivity contribution < 1.29 is 18.4 Å². The van der Waals surface area contributed by atoms with E-state index in [-0.39, 0.29) is 23.3 Å². The highest BCUT2D eigenvalue weighted by Gasteiger charge is 2.43. The molecule has 170 valence electrons. The minimum Gasteiger partial charge on any atom is -0.375 e. The highest BCUT2D eigenvalue weighted by molar-refractivity contribution is 7.13. The molecular weight excluding hydrogens is 438 g/mol. The summed E-state index contributed by atoms with van der Waals surface area (Å²) < 4.78 is 30.7. The van der Waals surface area contributed by atoms with Gasteiger partial charge >= 0.3 is 5.92 Å². The number of imidazole rings is 1. The number of alkyl halides is 2. The molecule has 4 N–H and O–H groups in total. The minimum atomic E-state index is -3.81. The molecule has 0 aromatic carbocycles. The Morgan fingerprint density at radius 3 is 2.78 bits per heavy atom. The first-order valence-corrected chi connectivity index (χ1v) is 11.3. The second kappa shape index (κ2) is 9.19. The maximum absolute atomic E-state index is 14.5. The number of pyridine rings is 1. The first-order chi connectivity index (χ1) is 15.4. The van der Waals surface area contributed by atoms with Gasteiger partial charge in [-0.25, -0.2) is 9.97 Å². The Labute approximate surface area is 187 Å². The standard InChI is InChI=1S/C21H24F2N6O2S/c22-21(23,16-11-32-20(24)28-16)19(31)25-10-14(13-6-2-1-3-7-13)27-18(30)17-15-8-4-5-9-29(15)12-26-17/h4-5,8-9,11-14H,1-3,6-7,10H2,(H2,24,28)(H,25,31)(H,27,30). The van der Waals surface area contributed by atoms with Crippen molar-refractivity contribution in [2.45, 2.75) is 44.1 Å². The molecule has 4 rings (SSSR count). The third kappa shape index (κ3) is 4.57. The molecule has 0 bridgehead atoms. The third-order valence-corrected chi connectivity index (χ3v) is 6.48. The summed E-state index contributed by atoms with van der Waals surface area (Å²) in [4.78, 5) is 33.0. The first kappa shape index (κ1) is 22.1. The molecule has 32 heavy (non-hydrogen) atoms. The van der Waals surface area contributed by atoms with Gasteiger partial charge in [-0.1, -0.05) is 25.3 Å². The lowest BCUT2D eigenvalue weighted by molar-refractivity contribution is -0.147. The zero-order chi connectivity index (χ0) is 22.7. The van der Waals surface area contributed by atoms with Gasteiger partial charge in [0.05, 0.1) is 5.52 Å². The zero-order valence-corrected chi connectivity index (χ0v) is 18.1. The molecule has 0 radical (unpaired) electrons. The SMILES string of the molecule is Nc1nc(C(F)(F)C(=O)NCC(NC(=O)c2ncn3ccccc23)C2CCCCC2)cs1. The summed E-state index contributed by atoms with van der Waals surface area (Å²) in [6, 6.07) is 4.91. The van der Waals surface area contributed by atoms with Gasteiger partial charge in [0.1, 0.15) is 12.0 Å². The lowest BCUT2D eigenvalue weighted by Crippen LogP contribution is -2.50. The summed E-state index contributed by atoms with van der Waals surface area (Å²) in [6.45, 7) is -0.115. The number of carbonyl (C=O) groups excluding carboxylic acids is 2. The fraction of sp³-hybridized carbons (Fsp3) is 0.429. The Morgan fingerprint density at radius 2 is 2.06 bits per heavy atom. The molecule has 1 fully saturated rings. The van der Waals surface area contributed by atoms with Gasteiger partial charge in [0.25, 0.3) is 11.8 Å². The number of nitrogens with two attached hydrogens (primary N) is 1. The van der Waals surface area contributed by atoms with Crippen LogP contribution in [0.15, 0.2) is 36.1 Å². The van der Waals surface area contributed by atoms with Gasteiger partial charge < -0.3 is 20.8 Å². The molecule has 8 nitrogen and oxygen atoms in total. The number of thiazole rings is 1. The Morgan fingerprint density at radius 1 is 1.28 bits per heavy atom. The largest absolute Gasteiger partial charge is 0.375 e. The van der Waals surface area contributed by atoms with Gasteiger partial charge in [0.15, 0.2) is 10.8 Å². The van der Waals surface area contributed by atoms with Gasteiger partial charge in [-0.3, -0.25) is 9.59 Å². The molecule has 2 amide bonds. The molecule has 3 aromatic heterocycles. The number of carbonyl (C=O) groups is 2. The van der Waals surface area contributed by atoms with E-state index >= 15 is 0 Å². The van der Waals surface area contributed by atoms with Gasteiger partial charge in [0.2, 0.25) is 0 Å².